The van der Waals surface area contributed by atoms with Crippen LogP contribution in [0, 0.1) is 0 Å². The zero-order valence-electron chi connectivity index (χ0n) is 13.1. The summed E-state index contributed by atoms with van der Waals surface area (Å²) >= 11 is 0. The van der Waals surface area contributed by atoms with Crippen molar-refractivity contribution in [2.75, 3.05) is 6.54 Å². The number of amides is 1. The highest BCUT2D eigenvalue weighted by molar-refractivity contribution is 5.79. The van der Waals surface area contributed by atoms with Crippen molar-refractivity contribution in [3.8, 4) is 0 Å². The maximum absolute atomic E-state index is 12.8. The summed E-state index contributed by atoms with van der Waals surface area (Å²) in [6, 6.07) is 14.4. The van der Waals surface area contributed by atoms with E-state index in [-0.39, 0.29) is 11.9 Å². The largest absolute Gasteiger partial charge is 0.335 e. The second kappa shape index (κ2) is 6.73. The summed E-state index contributed by atoms with van der Waals surface area (Å²) in [7, 11) is 2.03. The van der Waals surface area contributed by atoms with Gasteiger partial charge in [-0.05, 0) is 30.9 Å². The molecule has 1 aliphatic rings. The van der Waals surface area contributed by atoms with Gasteiger partial charge in [0.05, 0.1) is 12.5 Å². The van der Waals surface area contributed by atoms with E-state index >= 15 is 0 Å². The van der Waals surface area contributed by atoms with Gasteiger partial charge in [-0.1, -0.05) is 30.3 Å². The number of rotatable bonds is 3. The molecule has 3 rings (SSSR count). The van der Waals surface area contributed by atoms with Crippen molar-refractivity contribution in [1.82, 2.24) is 4.90 Å². The van der Waals surface area contributed by atoms with Gasteiger partial charge in [-0.2, -0.15) is 0 Å². The molecular weight excluding hydrogens is 272 g/mol. The number of carbonyl (C=O) groups excluding carboxylic acids is 1. The van der Waals surface area contributed by atoms with Crippen molar-refractivity contribution < 1.29 is 9.36 Å². The Morgan fingerprint density at radius 3 is 2.77 bits per heavy atom. The van der Waals surface area contributed by atoms with E-state index < -0.39 is 0 Å². The van der Waals surface area contributed by atoms with Crippen molar-refractivity contribution in [2.24, 2.45) is 7.05 Å². The minimum Gasteiger partial charge on any atom is -0.335 e. The Balaban J connectivity index is 1.79. The zero-order valence-corrected chi connectivity index (χ0v) is 13.1. The number of piperidine rings is 1. The first kappa shape index (κ1) is 14.8. The van der Waals surface area contributed by atoms with Crippen LogP contribution in [0.4, 0.5) is 0 Å². The summed E-state index contributed by atoms with van der Waals surface area (Å²) in [5.41, 5.74) is 2.33. The Kier molecular flexibility index (Phi) is 4.52. The number of aromatic nitrogens is 1. The van der Waals surface area contributed by atoms with Crippen LogP contribution < -0.4 is 4.57 Å². The fourth-order valence-electron chi connectivity index (χ4n) is 3.26. The molecule has 22 heavy (non-hydrogen) atoms. The van der Waals surface area contributed by atoms with Crippen LogP contribution in [0.25, 0.3) is 0 Å². The van der Waals surface area contributed by atoms with E-state index in [1.807, 2.05) is 43.6 Å². The van der Waals surface area contributed by atoms with Crippen LogP contribution in [0.15, 0.2) is 54.9 Å². The molecule has 0 bridgehead atoms. The topological polar surface area (TPSA) is 24.2 Å². The van der Waals surface area contributed by atoms with Crippen molar-refractivity contribution in [2.45, 2.75) is 31.7 Å². The van der Waals surface area contributed by atoms with Crippen LogP contribution in [-0.2, 0) is 18.3 Å². The number of benzene rings is 1. The molecule has 1 aromatic carbocycles. The summed E-state index contributed by atoms with van der Waals surface area (Å²) in [6.45, 7) is 0.870. The summed E-state index contributed by atoms with van der Waals surface area (Å²) in [4.78, 5) is 14.8. The Hall–Kier alpha value is -2.16. The molecule has 1 aliphatic heterocycles. The molecular formula is C19H23N2O+. The smallest absolute Gasteiger partial charge is 0.227 e. The summed E-state index contributed by atoms with van der Waals surface area (Å²) in [5.74, 6) is 0.238. The van der Waals surface area contributed by atoms with Crippen LogP contribution in [-0.4, -0.2) is 17.4 Å². The number of hydrogen-bond acceptors (Lipinski definition) is 1. The van der Waals surface area contributed by atoms with E-state index in [0.717, 1.165) is 24.9 Å². The maximum atomic E-state index is 12.8. The van der Waals surface area contributed by atoms with Crippen LogP contribution in [0.3, 0.4) is 0 Å². The SMILES string of the molecule is C[n+]1cccc(C2CCCCN2C(=O)Cc2ccccc2)c1. The molecule has 1 atom stereocenters. The fourth-order valence-corrected chi connectivity index (χ4v) is 3.26. The minimum atomic E-state index is 0.220. The second-order valence-corrected chi connectivity index (χ2v) is 6.06. The van der Waals surface area contributed by atoms with Gasteiger partial charge in [0.25, 0.3) is 0 Å². The first-order valence-corrected chi connectivity index (χ1v) is 8.02. The van der Waals surface area contributed by atoms with Crippen molar-refractivity contribution in [3.05, 3.63) is 66.0 Å². The summed E-state index contributed by atoms with van der Waals surface area (Å²) < 4.78 is 2.06. The Labute approximate surface area is 132 Å². The number of aryl methyl sites for hydroxylation is 1. The predicted molar refractivity (Wildman–Crippen MR) is 86.1 cm³/mol. The van der Waals surface area contributed by atoms with E-state index in [9.17, 15) is 4.79 Å². The molecule has 2 heterocycles. The molecule has 1 unspecified atom stereocenters. The molecule has 2 aromatic rings. The molecule has 0 spiro atoms. The average Bonchev–Trinajstić information content (AvgIpc) is 2.56. The number of pyridine rings is 1. The average molecular weight is 295 g/mol. The van der Waals surface area contributed by atoms with Gasteiger partial charge >= 0.3 is 0 Å². The number of likely N-dealkylation sites (tertiary alicyclic amines) is 1. The molecule has 0 radical (unpaired) electrons. The summed E-state index contributed by atoms with van der Waals surface area (Å²) in [5, 5.41) is 0. The summed E-state index contributed by atoms with van der Waals surface area (Å²) in [6.07, 6.45) is 8.02. The third-order valence-electron chi connectivity index (χ3n) is 4.37. The highest BCUT2D eigenvalue weighted by Gasteiger charge is 2.28. The quantitative estimate of drug-likeness (QED) is 0.799. The molecule has 1 fully saturated rings. The van der Waals surface area contributed by atoms with Gasteiger partial charge in [-0.25, -0.2) is 4.57 Å². The molecule has 114 valence electrons. The van der Waals surface area contributed by atoms with Gasteiger partial charge in [0.2, 0.25) is 5.91 Å². The first-order chi connectivity index (χ1) is 10.7. The molecule has 0 aliphatic carbocycles. The highest BCUT2D eigenvalue weighted by Crippen LogP contribution is 2.30. The minimum absolute atomic E-state index is 0.220. The van der Waals surface area contributed by atoms with Gasteiger partial charge in [-0.3, -0.25) is 4.79 Å². The third kappa shape index (κ3) is 3.35. The lowest BCUT2D eigenvalue weighted by Crippen LogP contribution is -2.40. The number of hydrogen-bond donors (Lipinski definition) is 0. The van der Waals surface area contributed by atoms with Crippen molar-refractivity contribution >= 4 is 5.91 Å². The van der Waals surface area contributed by atoms with E-state index in [0.29, 0.717) is 6.42 Å². The standard InChI is InChI=1S/C19H23N2O/c1-20-12-7-10-17(15-20)18-11-5-6-13-21(18)19(22)14-16-8-3-2-4-9-16/h2-4,7-10,12,15,18H,5-6,11,13-14H2,1H3/q+1. The van der Waals surface area contributed by atoms with Crippen LogP contribution >= 0.6 is 0 Å². The lowest BCUT2D eigenvalue weighted by molar-refractivity contribution is -0.672. The molecule has 1 amide bonds. The van der Waals surface area contributed by atoms with E-state index in [1.165, 1.54) is 12.0 Å². The van der Waals surface area contributed by atoms with E-state index in [4.69, 9.17) is 0 Å². The molecule has 1 aromatic heterocycles. The van der Waals surface area contributed by atoms with Gasteiger partial charge in [0, 0.05) is 18.2 Å². The van der Waals surface area contributed by atoms with Crippen molar-refractivity contribution in [3.63, 3.8) is 0 Å². The monoisotopic (exact) mass is 295 g/mol. The number of carbonyl (C=O) groups is 1. The normalized spacial score (nSPS) is 18.2. The lowest BCUT2D eigenvalue weighted by Gasteiger charge is -2.35. The van der Waals surface area contributed by atoms with Gasteiger partial charge in [0.15, 0.2) is 12.4 Å². The first-order valence-electron chi connectivity index (χ1n) is 8.02. The number of nitrogens with zero attached hydrogens (tertiary/aromatic N) is 2. The molecule has 0 N–H and O–H groups in total. The molecule has 0 saturated carbocycles. The second-order valence-electron chi connectivity index (χ2n) is 6.06. The maximum Gasteiger partial charge on any atom is 0.227 e. The molecule has 3 heteroatoms. The van der Waals surface area contributed by atoms with Gasteiger partial charge in [-0.15, -0.1) is 0 Å². The van der Waals surface area contributed by atoms with Crippen molar-refractivity contribution in [1.29, 1.82) is 0 Å². The van der Waals surface area contributed by atoms with Gasteiger partial charge in [0.1, 0.15) is 7.05 Å². The molecule has 1 saturated heterocycles. The van der Waals surface area contributed by atoms with E-state index in [1.54, 1.807) is 0 Å². The Morgan fingerprint density at radius 1 is 1.18 bits per heavy atom. The van der Waals surface area contributed by atoms with Gasteiger partial charge < -0.3 is 4.90 Å². The fraction of sp³-hybridized carbons (Fsp3) is 0.368. The van der Waals surface area contributed by atoms with Crippen LogP contribution in [0.1, 0.15) is 36.4 Å². The lowest BCUT2D eigenvalue weighted by atomic mass is 9.95. The third-order valence-corrected chi connectivity index (χ3v) is 4.37. The highest BCUT2D eigenvalue weighted by atomic mass is 16.2. The van der Waals surface area contributed by atoms with Crippen LogP contribution in [0.5, 0.6) is 0 Å². The molecule has 3 nitrogen and oxygen atoms in total. The zero-order chi connectivity index (χ0) is 15.4. The predicted octanol–water partition coefficient (Wildman–Crippen LogP) is 2.81. The Morgan fingerprint density at radius 2 is 2.00 bits per heavy atom. The van der Waals surface area contributed by atoms with E-state index in [2.05, 4.69) is 27.8 Å². The van der Waals surface area contributed by atoms with Crippen LogP contribution in [0.2, 0.25) is 0 Å². The Bertz CT molecular complexity index is 639.